The first-order valence-electron chi connectivity index (χ1n) is 5.79. The number of hydrogen-bond donors (Lipinski definition) is 1. The summed E-state index contributed by atoms with van der Waals surface area (Å²) in [5.41, 5.74) is 1.40. The quantitative estimate of drug-likeness (QED) is 0.558. The maximum atomic E-state index is 11.6. The normalized spacial score (nSPS) is 11.5. The van der Waals surface area contributed by atoms with Crippen molar-refractivity contribution in [2.45, 2.75) is 6.61 Å². The smallest absolute Gasteiger partial charge is 0.233 e. The average Bonchev–Trinajstić information content (AvgIpc) is 2.34. The van der Waals surface area contributed by atoms with Crippen molar-refractivity contribution in [3.8, 4) is 0 Å². The van der Waals surface area contributed by atoms with Gasteiger partial charge in [0.25, 0.3) is 0 Å². The Morgan fingerprint density at radius 2 is 2.11 bits per heavy atom. The lowest BCUT2D eigenvalue weighted by Crippen LogP contribution is -2.17. The minimum absolute atomic E-state index is 0.0646. The molecule has 1 rings (SSSR count). The van der Waals surface area contributed by atoms with E-state index in [0.717, 1.165) is 5.56 Å². The van der Waals surface area contributed by atoms with Gasteiger partial charge >= 0.3 is 0 Å². The lowest BCUT2D eigenvalue weighted by molar-refractivity contribution is 0.0617. The number of sulfonamides is 1. The zero-order valence-electron chi connectivity index (χ0n) is 10.8. The number of methoxy groups -OCH3 is 1. The molecule has 0 saturated heterocycles. The van der Waals surface area contributed by atoms with Crippen LogP contribution in [0.15, 0.2) is 24.3 Å². The fourth-order valence-electron chi connectivity index (χ4n) is 1.39. The number of anilines is 1. The van der Waals surface area contributed by atoms with Crippen molar-refractivity contribution in [1.29, 1.82) is 0 Å². The van der Waals surface area contributed by atoms with Gasteiger partial charge in [0.2, 0.25) is 10.0 Å². The summed E-state index contributed by atoms with van der Waals surface area (Å²) in [7, 11) is -1.77. The van der Waals surface area contributed by atoms with E-state index < -0.39 is 10.0 Å². The van der Waals surface area contributed by atoms with Gasteiger partial charge in [-0.15, -0.1) is 11.6 Å². The van der Waals surface area contributed by atoms with Crippen molar-refractivity contribution in [3.63, 3.8) is 0 Å². The van der Waals surface area contributed by atoms with Crippen LogP contribution in [0, 0.1) is 0 Å². The molecule has 0 spiro atoms. The van der Waals surface area contributed by atoms with E-state index >= 15 is 0 Å². The Labute approximate surface area is 118 Å². The van der Waals surface area contributed by atoms with Crippen LogP contribution in [0.5, 0.6) is 0 Å². The third-order valence-electron chi connectivity index (χ3n) is 2.25. The van der Waals surface area contributed by atoms with Gasteiger partial charge < -0.3 is 9.47 Å². The van der Waals surface area contributed by atoms with Crippen LogP contribution in [0.2, 0.25) is 0 Å². The number of nitrogens with one attached hydrogen (secondary N) is 1. The van der Waals surface area contributed by atoms with Gasteiger partial charge in [-0.05, 0) is 17.7 Å². The van der Waals surface area contributed by atoms with Gasteiger partial charge in [-0.3, -0.25) is 4.72 Å². The molecule has 0 radical (unpaired) electrons. The van der Waals surface area contributed by atoms with Gasteiger partial charge in [0, 0.05) is 18.7 Å². The Bertz CT molecular complexity index is 478. The molecule has 0 atom stereocenters. The molecular weight excluding hydrogens is 290 g/mol. The summed E-state index contributed by atoms with van der Waals surface area (Å²) in [6, 6.07) is 7.06. The fourth-order valence-corrected chi connectivity index (χ4v) is 2.79. The highest BCUT2D eigenvalue weighted by molar-refractivity contribution is 7.92. The number of hydrogen-bond acceptors (Lipinski definition) is 4. The van der Waals surface area contributed by atoms with Gasteiger partial charge in [-0.1, -0.05) is 12.1 Å². The summed E-state index contributed by atoms with van der Waals surface area (Å²) in [6.45, 7) is 1.44. The molecule has 7 heteroatoms. The molecular formula is C12H18ClNO4S. The average molecular weight is 308 g/mol. The predicted octanol–water partition coefficient (Wildman–Crippen LogP) is 1.83. The standard InChI is InChI=1S/C12H18ClNO4S/c1-17-6-7-18-10-11-3-2-4-12(9-11)14-19(15,16)8-5-13/h2-4,9,14H,5-8,10H2,1H3. The zero-order chi connectivity index (χ0) is 14.1. The van der Waals surface area contributed by atoms with Crippen LogP contribution in [0.3, 0.4) is 0 Å². The van der Waals surface area contributed by atoms with E-state index in [1.165, 1.54) is 0 Å². The number of benzene rings is 1. The molecule has 0 aromatic heterocycles. The summed E-state index contributed by atoms with van der Waals surface area (Å²) in [5, 5.41) is 0. The van der Waals surface area contributed by atoms with Gasteiger partial charge in [0.05, 0.1) is 25.6 Å². The Morgan fingerprint density at radius 1 is 1.32 bits per heavy atom. The largest absolute Gasteiger partial charge is 0.382 e. The lowest BCUT2D eigenvalue weighted by atomic mass is 10.2. The molecule has 1 N–H and O–H groups in total. The van der Waals surface area contributed by atoms with Gasteiger partial charge in [0.1, 0.15) is 0 Å². The summed E-state index contributed by atoms with van der Waals surface area (Å²) in [6.07, 6.45) is 0. The minimum atomic E-state index is -3.37. The molecule has 0 fully saturated rings. The van der Waals surface area contributed by atoms with E-state index in [2.05, 4.69) is 4.72 Å². The maximum absolute atomic E-state index is 11.6. The van der Waals surface area contributed by atoms with E-state index in [4.69, 9.17) is 21.1 Å². The first kappa shape index (κ1) is 16.2. The lowest BCUT2D eigenvalue weighted by Gasteiger charge is -2.09. The Balaban J connectivity index is 2.57. The molecule has 0 heterocycles. The van der Waals surface area contributed by atoms with Crippen LogP contribution in [0.4, 0.5) is 5.69 Å². The van der Waals surface area contributed by atoms with E-state index in [1.54, 1.807) is 25.3 Å². The number of rotatable bonds is 9. The van der Waals surface area contributed by atoms with Crippen LogP contribution in [0.25, 0.3) is 0 Å². The molecule has 0 aliphatic carbocycles. The minimum Gasteiger partial charge on any atom is -0.382 e. The van der Waals surface area contributed by atoms with Crippen molar-refractivity contribution in [1.82, 2.24) is 0 Å². The monoisotopic (exact) mass is 307 g/mol. The molecule has 0 unspecified atom stereocenters. The van der Waals surface area contributed by atoms with Crippen LogP contribution < -0.4 is 4.72 Å². The highest BCUT2D eigenvalue weighted by atomic mass is 35.5. The highest BCUT2D eigenvalue weighted by Crippen LogP contribution is 2.13. The molecule has 1 aromatic rings. The van der Waals surface area contributed by atoms with Crippen molar-refractivity contribution < 1.29 is 17.9 Å². The van der Waals surface area contributed by atoms with Crippen molar-refractivity contribution >= 4 is 27.3 Å². The molecule has 0 bridgehead atoms. The van der Waals surface area contributed by atoms with Crippen molar-refractivity contribution in [2.24, 2.45) is 0 Å². The van der Waals surface area contributed by atoms with E-state index in [9.17, 15) is 8.42 Å². The summed E-state index contributed by atoms with van der Waals surface area (Å²) in [4.78, 5) is 0. The van der Waals surface area contributed by atoms with Crippen LogP contribution in [-0.4, -0.2) is 40.4 Å². The van der Waals surface area contributed by atoms with Crippen LogP contribution in [0.1, 0.15) is 5.56 Å². The van der Waals surface area contributed by atoms with Crippen LogP contribution >= 0.6 is 11.6 Å². The summed E-state index contributed by atoms with van der Waals surface area (Å²) < 4.78 is 35.8. The Morgan fingerprint density at radius 3 is 2.79 bits per heavy atom. The molecule has 0 amide bonds. The Kier molecular flexibility index (Phi) is 7.15. The van der Waals surface area contributed by atoms with E-state index in [1.807, 2.05) is 6.07 Å². The molecule has 1 aromatic carbocycles. The predicted molar refractivity (Wildman–Crippen MR) is 76.1 cm³/mol. The van der Waals surface area contributed by atoms with E-state index in [0.29, 0.717) is 25.5 Å². The van der Waals surface area contributed by atoms with Gasteiger partial charge in [0.15, 0.2) is 0 Å². The number of alkyl halides is 1. The molecule has 0 aliphatic heterocycles. The topological polar surface area (TPSA) is 64.6 Å². The first-order valence-corrected chi connectivity index (χ1v) is 7.98. The molecule has 5 nitrogen and oxygen atoms in total. The maximum Gasteiger partial charge on any atom is 0.233 e. The Hall–Kier alpha value is -0.820. The second-order valence-electron chi connectivity index (χ2n) is 3.86. The summed E-state index contributed by atoms with van der Waals surface area (Å²) >= 11 is 5.43. The van der Waals surface area contributed by atoms with Crippen molar-refractivity contribution in [2.75, 3.05) is 36.7 Å². The van der Waals surface area contributed by atoms with Crippen LogP contribution in [-0.2, 0) is 26.1 Å². The molecule has 108 valence electrons. The molecule has 19 heavy (non-hydrogen) atoms. The first-order chi connectivity index (χ1) is 9.07. The fraction of sp³-hybridized carbons (Fsp3) is 0.500. The van der Waals surface area contributed by atoms with Gasteiger partial charge in [-0.25, -0.2) is 8.42 Å². The second-order valence-corrected chi connectivity index (χ2v) is 6.08. The second kappa shape index (κ2) is 8.37. The third-order valence-corrected chi connectivity index (χ3v) is 3.95. The number of ether oxygens (including phenoxy) is 2. The molecule has 0 saturated carbocycles. The van der Waals surface area contributed by atoms with E-state index in [-0.39, 0.29) is 11.6 Å². The zero-order valence-corrected chi connectivity index (χ0v) is 12.3. The van der Waals surface area contributed by atoms with Gasteiger partial charge in [-0.2, -0.15) is 0 Å². The third kappa shape index (κ3) is 6.77. The van der Waals surface area contributed by atoms with Crippen molar-refractivity contribution in [3.05, 3.63) is 29.8 Å². The highest BCUT2D eigenvalue weighted by Gasteiger charge is 2.09. The molecule has 0 aliphatic rings. The SMILES string of the molecule is COCCOCc1cccc(NS(=O)(=O)CCCl)c1. The number of halogens is 1. The summed E-state index contributed by atoms with van der Waals surface area (Å²) in [5.74, 6) is -0.0434.